The Bertz CT molecular complexity index is 1050. The Morgan fingerprint density at radius 1 is 0.889 bits per heavy atom. The molecule has 1 aromatic heterocycles. The van der Waals surface area contributed by atoms with Gasteiger partial charge in [0.05, 0.1) is 12.1 Å². The van der Waals surface area contributed by atoms with Crippen molar-refractivity contribution in [3.8, 4) is 5.75 Å². The van der Waals surface area contributed by atoms with Crippen LogP contribution in [0, 0.1) is 0 Å². The normalized spacial score (nSPS) is 12.3. The maximum atomic E-state index is 10.9. The van der Waals surface area contributed by atoms with E-state index in [0.717, 1.165) is 21.8 Å². The van der Waals surface area contributed by atoms with Gasteiger partial charge in [0.1, 0.15) is 18.5 Å². The molecule has 0 amide bonds. The fourth-order valence-electron chi connectivity index (χ4n) is 3.35. The molecule has 27 heavy (non-hydrogen) atoms. The number of rotatable bonds is 6. The second-order valence-corrected chi connectivity index (χ2v) is 6.44. The van der Waals surface area contributed by atoms with E-state index in [0.29, 0.717) is 12.3 Å². The molecule has 2 N–H and O–H groups in total. The van der Waals surface area contributed by atoms with Gasteiger partial charge in [0.15, 0.2) is 0 Å². The second-order valence-electron chi connectivity index (χ2n) is 6.44. The number of hydrogen-bond acceptors (Lipinski definition) is 3. The van der Waals surface area contributed by atoms with E-state index in [1.807, 2.05) is 36.4 Å². The van der Waals surface area contributed by atoms with E-state index in [2.05, 4.69) is 16.7 Å². The van der Waals surface area contributed by atoms with Gasteiger partial charge in [0.25, 0.3) is 0 Å². The van der Waals surface area contributed by atoms with Gasteiger partial charge in [-0.3, -0.25) is 0 Å². The maximum Gasteiger partial charge on any atom is 0.335 e. The first kappa shape index (κ1) is 17.1. The van der Waals surface area contributed by atoms with Crippen LogP contribution in [0.5, 0.6) is 5.75 Å². The van der Waals surface area contributed by atoms with Crippen molar-refractivity contribution in [2.75, 3.05) is 6.61 Å². The Labute approximate surface area is 156 Å². The number of benzene rings is 3. The van der Waals surface area contributed by atoms with Crippen molar-refractivity contribution in [2.45, 2.75) is 12.6 Å². The molecule has 0 fully saturated rings. The number of aliphatic hydroxyl groups is 1. The van der Waals surface area contributed by atoms with Crippen LogP contribution in [0.1, 0.15) is 10.4 Å². The maximum absolute atomic E-state index is 10.9. The lowest BCUT2D eigenvalue weighted by Gasteiger charge is -2.15. The highest BCUT2D eigenvalue weighted by atomic mass is 16.5. The van der Waals surface area contributed by atoms with Crippen LogP contribution in [0.15, 0.2) is 72.8 Å². The summed E-state index contributed by atoms with van der Waals surface area (Å²) in [6, 6.07) is 22.4. The van der Waals surface area contributed by atoms with Gasteiger partial charge in [-0.2, -0.15) is 0 Å². The van der Waals surface area contributed by atoms with Crippen molar-refractivity contribution in [1.82, 2.24) is 4.57 Å². The SMILES string of the molecule is O=C(O)c1ccc(OC[C@@H](O)Cn2c3ccccc3c3ccccc32)cc1. The van der Waals surface area contributed by atoms with Crippen LogP contribution in [0.3, 0.4) is 0 Å². The predicted molar refractivity (Wildman–Crippen MR) is 104 cm³/mol. The number of hydrogen-bond donors (Lipinski definition) is 2. The minimum Gasteiger partial charge on any atom is -0.491 e. The average Bonchev–Trinajstić information content (AvgIpc) is 3.01. The largest absolute Gasteiger partial charge is 0.491 e. The van der Waals surface area contributed by atoms with Crippen LogP contribution in [0.25, 0.3) is 21.8 Å². The molecule has 0 bridgehead atoms. The molecule has 5 nitrogen and oxygen atoms in total. The molecule has 0 aliphatic rings. The summed E-state index contributed by atoms with van der Waals surface area (Å²) in [5.41, 5.74) is 2.35. The first-order valence-corrected chi connectivity index (χ1v) is 8.73. The standard InChI is InChI=1S/C22H19NO4/c24-16(14-27-17-11-9-15(10-12-17)22(25)26)13-23-20-7-3-1-5-18(20)19-6-2-4-8-21(19)23/h1-12,16,24H,13-14H2,(H,25,26)/t16-/m0/s1. The molecule has 0 unspecified atom stereocenters. The molecule has 3 aromatic carbocycles. The Morgan fingerprint density at radius 2 is 1.44 bits per heavy atom. The van der Waals surface area contributed by atoms with E-state index in [-0.39, 0.29) is 12.2 Å². The van der Waals surface area contributed by atoms with Gasteiger partial charge in [-0.05, 0) is 36.4 Å². The van der Waals surface area contributed by atoms with E-state index in [1.54, 1.807) is 12.1 Å². The summed E-state index contributed by atoms with van der Waals surface area (Å²) in [7, 11) is 0. The summed E-state index contributed by atoms with van der Waals surface area (Å²) in [4.78, 5) is 10.9. The van der Waals surface area contributed by atoms with Gasteiger partial charge in [-0.1, -0.05) is 36.4 Å². The van der Waals surface area contributed by atoms with Gasteiger partial charge in [0.2, 0.25) is 0 Å². The smallest absolute Gasteiger partial charge is 0.335 e. The molecule has 1 heterocycles. The summed E-state index contributed by atoms with van der Waals surface area (Å²) < 4.78 is 7.72. The Morgan fingerprint density at radius 3 is 2.00 bits per heavy atom. The second kappa shape index (κ2) is 7.13. The number of ether oxygens (including phenoxy) is 1. The molecule has 0 aliphatic heterocycles. The van der Waals surface area contributed by atoms with Crippen LogP contribution >= 0.6 is 0 Å². The highest BCUT2D eigenvalue weighted by molar-refractivity contribution is 6.07. The van der Waals surface area contributed by atoms with Crippen molar-refractivity contribution < 1.29 is 19.7 Å². The number of aromatic carboxylic acids is 1. The van der Waals surface area contributed by atoms with E-state index in [9.17, 15) is 9.90 Å². The van der Waals surface area contributed by atoms with Crippen LogP contribution in [-0.4, -0.2) is 33.5 Å². The molecule has 0 spiro atoms. The van der Waals surface area contributed by atoms with Gasteiger partial charge in [-0.15, -0.1) is 0 Å². The minimum absolute atomic E-state index is 0.118. The monoisotopic (exact) mass is 361 g/mol. The van der Waals surface area contributed by atoms with Gasteiger partial charge < -0.3 is 19.5 Å². The third-order valence-corrected chi connectivity index (χ3v) is 4.62. The van der Waals surface area contributed by atoms with Crippen molar-refractivity contribution in [3.63, 3.8) is 0 Å². The highest BCUT2D eigenvalue weighted by Crippen LogP contribution is 2.28. The molecule has 0 saturated carbocycles. The number of nitrogens with zero attached hydrogens (tertiary/aromatic N) is 1. The van der Waals surface area contributed by atoms with Crippen LogP contribution in [-0.2, 0) is 6.54 Å². The van der Waals surface area contributed by atoms with E-state index < -0.39 is 12.1 Å². The molecular weight excluding hydrogens is 342 g/mol. The number of aromatic nitrogens is 1. The zero-order valence-corrected chi connectivity index (χ0v) is 14.6. The lowest BCUT2D eigenvalue weighted by atomic mass is 10.2. The molecule has 5 heteroatoms. The fourth-order valence-corrected chi connectivity index (χ4v) is 3.35. The summed E-state index contributed by atoms with van der Waals surface area (Å²) in [5, 5.41) is 21.7. The predicted octanol–water partition coefficient (Wildman–Crippen LogP) is 3.93. The summed E-state index contributed by atoms with van der Waals surface area (Å²) in [6.07, 6.45) is -0.705. The Balaban J connectivity index is 1.52. The Kier molecular flexibility index (Phi) is 4.52. The third kappa shape index (κ3) is 3.37. The number of para-hydroxylation sites is 2. The number of carboxylic acids is 1. The molecule has 4 aromatic rings. The van der Waals surface area contributed by atoms with Crippen molar-refractivity contribution in [1.29, 1.82) is 0 Å². The number of carbonyl (C=O) groups is 1. The van der Waals surface area contributed by atoms with Crippen molar-refractivity contribution in [2.24, 2.45) is 0 Å². The number of carboxylic acid groups (broad SMARTS) is 1. The lowest BCUT2D eigenvalue weighted by Crippen LogP contribution is -2.23. The molecular formula is C22H19NO4. The first-order valence-electron chi connectivity index (χ1n) is 8.73. The van der Waals surface area contributed by atoms with E-state index in [4.69, 9.17) is 9.84 Å². The molecule has 0 aliphatic carbocycles. The van der Waals surface area contributed by atoms with Gasteiger partial charge >= 0.3 is 5.97 Å². The van der Waals surface area contributed by atoms with Crippen LogP contribution in [0.4, 0.5) is 0 Å². The molecule has 0 radical (unpaired) electrons. The van der Waals surface area contributed by atoms with Gasteiger partial charge in [0, 0.05) is 21.8 Å². The number of fused-ring (bicyclic) bond motifs is 3. The molecule has 4 rings (SSSR count). The summed E-state index contributed by atoms with van der Waals surface area (Å²) >= 11 is 0. The van der Waals surface area contributed by atoms with Crippen LogP contribution in [0.2, 0.25) is 0 Å². The average molecular weight is 361 g/mol. The quantitative estimate of drug-likeness (QED) is 0.546. The minimum atomic E-state index is -0.979. The summed E-state index contributed by atoms with van der Waals surface area (Å²) in [6.45, 7) is 0.522. The zero-order valence-electron chi connectivity index (χ0n) is 14.6. The molecule has 136 valence electrons. The van der Waals surface area contributed by atoms with E-state index in [1.165, 1.54) is 12.1 Å². The van der Waals surface area contributed by atoms with Crippen molar-refractivity contribution >= 4 is 27.8 Å². The topological polar surface area (TPSA) is 71.7 Å². The van der Waals surface area contributed by atoms with Crippen LogP contribution < -0.4 is 4.74 Å². The highest BCUT2D eigenvalue weighted by Gasteiger charge is 2.14. The summed E-state index contributed by atoms with van der Waals surface area (Å²) in [5.74, 6) is -0.450. The van der Waals surface area contributed by atoms with Crippen molar-refractivity contribution in [3.05, 3.63) is 78.4 Å². The van der Waals surface area contributed by atoms with E-state index >= 15 is 0 Å². The lowest BCUT2D eigenvalue weighted by molar-refractivity contribution is 0.0696. The fraction of sp³-hybridized carbons (Fsp3) is 0.136. The third-order valence-electron chi connectivity index (χ3n) is 4.62. The molecule has 1 atom stereocenters. The van der Waals surface area contributed by atoms with Gasteiger partial charge in [-0.25, -0.2) is 4.79 Å². The molecule has 0 saturated heterocycles. The Hall–Kier alpha value is -3.31. The number of aliphatic hydroxyl groups excluding tert-OH is 1. The zero-order chi connectivity index (χ0) is 18.8. The first-order chi connectivity index (χ1) is 13.1.